The van der Waals surface area contributed by atoms with E-state index in [0.29, 0.717) is 0 Å². The van der Waals surface area contributed by atoms with E-state index in [2.05, 4.69) is 0 Å². The number of aliphatic hydroxyl groups is 1. The van der Waals surface area contributed by atoms with Gasteiger partial charge in [-0.25, -0.2) is 4.79 Å². The number of hydrogen-bond acceptors (Lipinski definition) is 3. The van der Waals surface area contributed by atoms with E-state index in [1.165, 1.54) is 12.1 Å². The Morgan fingerprint density at radius 1 is 1.33 bits per heavy atom. The molecular formula is C8H9NO3. The van der Waals surface area contributed by atoms with Gasteiger partial charge in [-0.15, -0.1) is 0 Å². The third-order valence-corrected chi connectivity index (χ3v) is 1.54. The van der Waals surface area contributed by atoms with Crippen molar-refractivity contribution in [1.29, 1.82) is 0 Å². The van der Waals surface area contributed by atoms with Gasteiger partial charge in [0.2, 0.25) is 5.72 Å². The monoisotopic (exact) mass is 167 g/mol. The normalized spacial score (nSPS) is 15.2. The quantitative estimate of drug-likeness (QED) is 0.536. The molecule has 0 aliphatic heterocycles. The van der Waals surface area contributed by atoms with Crippen LogP contribution >= 0.6 is 0 Å². The fourth-order valence-corrected chi connectivity index (χ4v) is 0.816. The molecule has 0 aliphatic carbocycles. The van der Waals surface area contributed by atoms with Crippen LogP contribution in [-0.4, -0.2) is 16.2 Å². The topological polar surface area (TPSA) is 83.5 Å². The second-order valence-corrected chi connectivity index (χ2v) is 2.44. The summed E-state index contributed by atoms with van der Waals surface area (Å²) in [6, 6.07) is 7.83. The maximum Gasteiger partial charge on any atom is 0.356 e. The van der Waals surface area contributed by atoms with E-state index in [9.17, 15) is 9.90 Å². The molecule has 0 unspecified atom stereocenters. The summed E-state index contributed by atoms with van der Waals surface area (Å²) in [5, 5.41) is 17.8. The summed E-state index contributed by atoms with van der Waals surface area (Å²) in [6.07, 6.45) is 0. The van der Waals surface area contributed by atoms with Gasteiger partial charge in [-0.1, -0.05) is 30.3 Å². The Bertz CT molecular complexity index is 282. The van der Waals surface area contributed by atoms with Crippen LogP contribution in [0.5, 0.6) is 0 Å². The van der Waals surface area contributed by atoms with Crippen LogP contribution in [0.1, 0.15) is 5.56 Å². The Kier molecular flexibility index (Phi) is 2.12. The molecule has 12 heavy (non-hydrogen) atoms. The maximum absolute atomic E-state index is 10.4. The van der Waals surface area contributed by atoms with E-state index in [-0.39, 0.29) is 5.56 Å². The van der Waals surface area contributed by atoms with Crippen LogP contribution in [0.2, 0.25) is 0 Å². The van der Waals surface area contributed by atoms with E-state index in [4.69, 9.17) is 10.8 Å². The molecule has 0 saturated carbocycles. The molecule has 1 atom stereocenters. The molecule has 0 bridgehead atoms. The molecular weight excluding hydrogens is 158 g/mol. The fourth-order valence-electron chi connectivity index (χ4n) is 0.816. The number of rotatable bonds is 2. The minimum atomic E-state index is -2.29. The molecule has 0 radical (unpaired) electrons. The van der Waals surface area contributed by atoms with Crippen LogP contribution in [0, 0.1) is 0 Å². The number of carboxylic acid groups (broad SMARTS) is 1. The number of aliphatic carboxylic acids is 1. The minimum Gasteiger partial charge on any atom is -0.478 e. The first-order valence-electron chi connectivity index (χ1n) is 3.35. The van der Waals surface area contributed by atoms with Gasteiger partial charge in [-0.2, -0.15) is 0 Å². The lowest BCUT2D eigenvalue weighted by Crippen LogP contribution is -2.44. The van der Waals surface area contributed by atoms with Crippen LogP contribution in [0.25, 0.3) is 0 Å². The zero-order valence-electron chi connectivity index (χ0n) is 6.27. The lowest BCUT2D eigenvalue weighted by molar-refractivity contribution is -0.159. The summed E-state index contributed by atoms with van der Waals surface area (Å²) >= 11 is 0. The molecule has 0 amide bonds. The van der Waals surface area contributed by atoms with Gasteiger partial charge < -0.3 is 10.2 Å². The highest BCUT2D eigenvalue weighted by Crippen LogP contribution is 2.13. The summed E-state index contributed by atoms with van der Waals surface area (Å²) in [4.78, 5) is 10.4. The highest BCUT2D eigenvalue weighted by Gasteiger charge is 2.32. The van der Waals surface area contributed by atoms with Crippen molar-refractivity contribution in [3.8, 4) is 0 Å². The third-order valence-electron chi connectivity index (χ3n) is 1.54. The molecule has 0 saturated heterocycles. The number of carboxylic acids is 1. The molecule has 4 N–H and O–H groups in total. The first-order valence-corrected chi connectivity index (χ1v) is 3.35. The van der Waals surface area contributed by atoms with Crippen molar-refractivity contribution in [2.24, 2.45) is 5.73 Å². The molecule has 0 aliphatic rings. The molecule has 0 heterocycles. The molecule has 1 rings (SSSR count). The van der Waals surface area contributed by atoms with Crippen molar-refractivity contribution in [2.45, 2.75) is 5.72 Å². The van der Waals surface area contributed by atoms with Crippen molar-refractivity contribution >= 4 is 5.97 Å². The van der Waals surface area contributed by atoms with E-state index >= 15 is 0 Å². The molecule has 1 aromatic carbocycles. The Balaban J connectivity index is 3.06. The third kappa shape index (κ3) is 1.44. The summed E-state index contributed by atoms with van der Waals surface area (Å²) in [5.41, 5.74) is 3.01. The van der Waals surface area contributed by atoms with E-state index in [0.717, 1.165) is 0 Å². The molecule has 4 heteroatoms. The Morgan fingerprint density at radius 3 is 2.25 bits per heavy atom. The second kappa shape index (κ2) is 2.92. The Morgan fingerprint density at radius 2 is 1.83 bits per heavy atom. The Labute approximate surface area is 69.3 Å². The van der Waals surface area contributed by atoms with Crippen LogP contribution in [-0.2, 0) is 10.5 Å². The van der Waals surface area contributed by atoms with Gasteiger partial charge in [-0.05, 0) is 0 Å². The molecule has 0 fully saturated rings. The number of nitrogens with two attached hydrogens (primary N) is 1. The number of benzene rings is 1. The van der Waals surface area contributed by atoms with Gasteiger partial charge in [-0.3, -0.25) is 5.73 Å². The maximum atomic E-state index is 10.4. The predicted octanol–water partition coefficient (Wildman–Crippen LogP) is -0.125. The Hall–Kier alpha value is -1.39. The van der Waals surface area contributed by atoms with Crippen LogP contribution in [0.3, 0.4) is 0 Å². The van der Waals surface area contributed by atoms with Crippen LogP contribution < -0.4 is 5.73 Å². The average molecular weight is 167 g/mol. The van der Waals surface area contributed by atoms with Crippen LogP contribution in [0.4, 0.5) is 0 Å². The fraction of sp³-hybridized carbons (Fsp3) is 0.125. The van der Waals surface area contributed by atoms with E-state index < -0.39 is 11.7 Å². The van der Waals surface area contributed by atoms with Crippen molar-refractivity contribution in [2.75, 3.05) is 0 Å². The summed E-state index contributed by atoms with van der Waals surface area (Å²) in [5.74, 6) is -1.46. The van der Waals surface area contributed by atoms with Gasteiger partial charge in [0, 0.05) is 5.56 Å². The zero-order valence-corrected chi connectivity index (χ0v) is 6.27. The molecule has 0 aromatic heterocycles. The lowest BCUT2D eigenvalue weighted by atomic mass is 10.0. The van der Waals surface area contributed by atoms with Gasteiger partial charge in [0.05, 0.1) is 0 Å². The minimum absolute atomic E-state index is 0.164. The van der Waals surface area contributed by atoms with Crippen molar-refractivity contribution in [1.82, 2.24) is 0 Å². The first kappa shape index (κ1) is 8.70. The van der Waals surface area contributed by atoms with Crippen molar-refractivity contribution < 1.29 is 15.0 Å². The predicted molar refractivity (Wildman–Crippen MR) is 42.2 cm³/mol. The standard InChI is InChI=1S/C8H9NO3/c9-8(12,7(10)11)6-4-2-1-3-5-6/h1-5,12H,9H2,(H,10,11)/t8-/m0/s1. The average Bonchev–Trinajstić information content (AvgIpc) is 2.06. The summed E-state index contributed by atoms with van der Waals surface area (Å²) < 4.78 is 0. The lowest BCUT2D eigenvalue weighted by Gasteiger charge is -2.17. The highest BCUT2D eigenvalue weighted by atomic mass is 16.4. The van der Waals surface area contributed by atoms with Gasteiger partial charge in [0.15, 0.2) is 0 Å². The smallest absolute Gasteiger partial charge is 0.356 e. The largest absolute Gasteiger partial charge is 0.478 e. The van der Waals surface area contributed by atoms with Gasteiger partial charge >= 0.3 is 5.97 Å². The van der Waals surface area contributed by atoms with Crippen molar-refractivity contribution in [3.05, 3.63) is 35.9 Å². The van der Waals surface area contributed by atoms with E-state index in [1.807, 2.05) is 0 Å². The highest BCUT2D eigenvalue weighted by molar-refractivity contribution is 5.78. The number of carbonyl (C=O) groups is 1. The van der Waals surface area contributed by atoms with Crippen molar-refractivity contribution in [3.63, 3.8) is 0 Å². The molecule has 4 nitrogen and oxygen atoms in total. The molecule has 64 valence electrons. The SMILES string of the molecule is N[C@@](O)(C(=O)O)c1ccccc1. The molecule has 1 aromatic rings. The van der Waals surface area contributed by atoms with Crippen LogP contribution in [0.15, 0.2) is 30.3 Å². The first-order chi connectivity index (χ1) is 5.55. The van der Waals surface area contributed by atoms with Gasteiger partial charge in [0.1, 0.15) is 0 Å². The van der Waals surface area contributed by atoms with Gasteiger partial charge in [0.25, 0.3) is 0 Å². The number of hydrogen-bond donors (Lipinski definition) is 3. The van der Waals surface area contributed by atoms with E-state index in [1.54, 1.807) is 18.2 Å². The summed E-state index contributed by atoms with van der Waals surface area (Å²) in [6.45, 7) is 0. The zero-order chi connectivity index (χ0) is 9.19. The summed E-state index contributed by atoms with van der Waals surface area (Å²) in [7, 11) is 0. The second-order valence-electron chi connectivity index (χ2n) is 2.44. The molecule has 0 spiro atoms.